The van der Waals surface area contributed by atoms with E-state index in [4.69, 9.17) is 5.73 Å². The molecule has 0 spiro atoms. The van der Waals surface area contributed by atoms with Gasteiger partial charge in [-0.1, -0.05) is 13.8 Å². The topological polar surface area (TPSA) is 59.1 Å². The van der Waals surface area contributed by atoms with Crippen molar-refractivity contribution in [3.63, 3.8) is 0 Å². The highest BCUT2D eigenvalue weighted by Crippen LogP contribution is 2.18. The Balaban J connectivity index is 2.83. The lowest BCUT2D eigenvalue weighted by Crippen LogP contribution is -2.33. The van der Waals surface area contributed by atoms with E-state index in [1.807, 2.05) is 32.9 Å². The van der Waals surface area contributed by atoms with Crippen LogP contribution < -0.4 is 5.73 Å². The number of pyridine rings is 1. The van der Waals surface area contributed by atoms with Crippen molar-refractivity contribution in [3.8, 4) is 0 Å². The second-order valence-corrected chi connectivity index (χ2v) is 4.02. The van der Waals surface area contributed by atoms with Gasteiger partial charge in [0.25, 0.3) is 0 Å². The minimum Gasteiger partial charge on any atom is -0.385 e. The molecule has 3 heteroatoms. The molecule has 0 saturated carbocycles. The lowest BCUT2D eigenvalue weighted by molar-refractivity contribution is 0.121. The van der Waals surface area contributed by atoms with Gasteiger partial charge in [0, 0.05) is 12.2 Å². The van der Waals surface area contributed by atoms with Gasteiger partial charge in [0.05, 0.1) is 5.69 Å². The van der Waals surface area contributed by atoms with Gasteiger partial charge in [-0.05, 0) is 30.5 Å². The monoisotopic (exact) mass is 194 g/mol. The van der Waals surface area contributed by atoms with Crippen LogP contribution in [0.2, 0.25) is 0 Å². The molecule has 78 valence electrons. The predicted octanol–water partition coefficient (Wildman–Crippen LogP) is 1.41. The SMILES string of the molecule is Cc1ccnc([C@H](O)[C@H](N)C(C)C)c1. The second kappa shape index (κ2) is 4.53. The van der Waals surface area contributed by atoms with Crippen molar-refractivity contribution in [2.45, 2.75) is 32.9 Å². The Labute approximate surface area is 85.0 Å². The zero-order valence-electron chi connectivity index (χ0n) is 8.94. The van der Waals surface area contributed by atoms with Crippen molar-refractivity contribution in [2.75, 3.05) is 0 Å². The van der Waals surface area contributed by atoms with Crippen LogP contribution in [-0.2, 0) is 0 Å². The van der Waals surface area contributed by atoms with Crippen molar-refractivity contribution in [1.82, 2.24) is 4.98 Å². The Kier molecular flexibility index (Phi) is 3.61. The Hall–Kier alpha value is -0.930. The fourth-order valence-electron chi connectivity index (χ4n) is 1.28. The van der Waals surface area contributed by atoms with Gasteiger partial charge in [-0.15, -0.1) is 0 Å². The number of rotatable bonds is 3. The molecular weight excluding hydrogens is 176 g/mol. The molecule has 0 bridgehead atoms. The molecule has 0 aliphatic rings. The molecule has 0 fully saturated rings. The summed E-state index contributed by atoms with van der Waals surface area (Å²) in [6.07, 6.45) is 1.02. The third kappa shape index (κ3) is 2.53. The van der Waals surface area contributed by atoms with Crippen LogP contribution in [0.3, 0.4) is 0 Å². The highest BCUT2D eigenvalue weighted by atomic mass is 16.3. The molecule has 14 heavy (non-hydrogen) atoms. The summed E-state index contributed by atoms with van der Waals surface area (Å²) in [6.45, 7) is 5.95. The first-order valence-electron chi connectivity index (χ1n) is 4.88. The van der Waals surface area contributed by atoms with Gasteiger partial charge < -0.3 is 10.8 Å². The van der Waals surface area contributed by atoms with Crippen molar-refractivity contribution in [3.05, 3.63) is 29.6 Å². The summed E-state index contributed by atoms with van der Waals surface area (Å²) in [4.78, 5) is 4.11. The van der Waals surface area contributed by atoms with Gasteiger partial charge in [-0.2, -0.15) is 0 Å². The Bertz CT molecular complexity index is 299. The molecule has 2 atom stereocenters. The van der Waals surface area contributed by atoms with Crippen LogP contribution in [0.5, 0.6) is 0 Å². The second-order valence-electron chi connectivity index (χ2n) is 4.02. The van der Waals surface area contributed by atoms with Crippen molar-refractivity contribution in [2.24, 2.45) is 11.7 Å². The van der Waals surface area contributed by atoms with Crippen molar-refractivity contribution < 1.29 is 5.11 Å². The van der Waals surface area contributed by atoms with Gasteiger partial charge in [-0.25, -0.2) is 0 Å². The summed E-state index contributed by atoms with van der Waals surface area (Å²) in [5, 5.41) is 9.90. The first-order chi connectivity index (χ1) is 6.52. The number of aryl methyl sites for hydroxylation is 1. The van der Waals surface area contributed by atoms with E-state index >= 15 is 0 Å². The maximum atomic E-state index is 9.90. The van der Waals surface area contributed by atoms with Crippen LogP contribution in [0.1, 0.15) is 31.2 Å². The lowest BCUT2D eigenvalue weighted by Gasteiger charge is -2.21. The molecule has 1 aromatic heterocycles. The fraction of sp³-hybridized carbons (Fsp3) is 0.545. The number of nitrogens with zero attached hydrogens (tertiary/aromatic N) is 1. The van der Waals surface area contributed by atoms with E-state index in [1.54, 1.807) is 6.20 Å². The van der Waals surface area contributed by atoms with E-state index in [0.29, 0.717) is 5.69 Å². The Morgan fingerprint density at radius 3 is 2.57 bits per heavy atom. The van der Waals surface area contributed by atoms with Gasteiger partial charge >= 0.3 is 0 Å². The Morgan fingerprint density at radius 1 is 1.43 bits per heavy atom. The molecule has 0 saturated heterocycles. The van der Waals surface area contributed by atoms with Crippen molar-refractivity contribution >= 4 is 0 Å². The highest BCUT2D eigenvalue weighted by molar-refractivity contribution is 5.17. The summed E-state index contributed by atoms with van der Waals surface area (Å²) in [7, 11) is 0. The van der Waals surface area contributed by atoms with Crippen LogP contribution >= 0.6 is 0 Å². The summed E-state index contributed by atoms with van der Waals surface area (Å²) in [6, 6.07) is 3.51. The molecule has 0 aliphatic heterocycles. The Morgan fingerprint density at radius 2 is 2.07 bits per heavy atom. The molecular formula is C11H18N2O. The molecule has 1 heterocycles. The summed E-state index contributed by atoms with van der Waals surface area (Å²) in [5.41, 5.74) is 7.60. The molecule has 0 amide bonds. The van der Waals surface area contributed by atoms with Gasteiger partial charge in [0.15, 0.2) is 0 Å². The lowest BCUT2D eigenvalue weighted by atomic mass is 9.97. The quantitative estimate of drug-likeness (QED) is 0.764. The number of hydrogen-bond donors (Lipinski definition) is 2. The van der Waals surface area contributed by atoms with Crippen LogP contribution in [0.15, 0.2) is 18.3 Å². The van der Waals surface area contributed by atoms with E-state index in [0.717, 1.165) is 5.56 Å². The van der Waals surface area contributed by atoms with E-state index in [9.17, 15) is 5.11 Å². The predicted molar refractivity (Wildman–Crippen MR) is 56.7 cm³/mol. The minimum absolute atomic E-state index is 0.243. The molecule has 0 unspecified atom stereocenters. The first-order valence-corrected chi connectivity index (χ1v) is 4.88. The van der Waals surface area contributed by atoms with Crippen LogP contribution in [0, 0.1) is 12.8 Å². The zero-order chi connectivity index (χ0) is 10.7. The fourth-order valence-corrected chi connectivity index (χ4v) is 1.28. The number of nitrogens with two attached hydrogens (primary N) is 1. The number of hydrogen-bond acceptors (Lipinski definition) is 3. The maximum absolute atomic E-state index is 9.90. The summed E-state index contributed by atoms with van der Waals surface area (Å²) < 4.78 is 0. The van der Waals surface area contributed by atoms with E-state index in [1.165, 1.54) is 0 Å². The standard InChI is InChI=1S/C11H18N2O/c1-7(2)10(12)11(14)9-6-8(3)4-5-13-9/h4-7,10-11,14H,12H2,1-3H3/t10-,11+/m1/s1. The number of aliphatic hydroxyl groups is 1. The van der Waals surface area contributed by atoms with Gasteiger partial charge in [0.2, 0.25) is 0 Å². The highest BCUT2D eigenvalue weighted by Gasteiger charge is 2.20. The van der Waals surface area contributed by atoms with E-state index in [2.05, 4.69) is 4.98 Å². The van der Waals surface area contributed by atoms with Crippen LogP contribution in [0.25, 0.3) is 0 Å². The van der Waals surface area contributed by atoms with Crippen LogP contribution in [-0.4, -0.2) is 16.1 Å². The van der Waals surface area contributed by atoms with E-state index in [-0.39, 0.29) is 12.0 Å². The first kappa shape index (κ1) is 11.1. The molecule has 3 nitrogen and oxygen atoms in total. The third-order valence-electron chi connectivity index (χ3n) is 2.37. The minimum atomic E-state index is -0.671. The van der Waals surface area contributed by atoms with E-state index < -0.39 is 6.10 Å². The summed E-state index contributed by atoms with van der Waals surface area (Å²) in [5.74, 6) is 0.243. The smallest absolute Gasteiger partial charge is 0.111 e. The normalized spacial score (nSPS) is 15.6. The number of aliphatic hydroxyl groups excluding tert-OH is 1. The molecule has 3 N–H and O–H groups in total. The van der Waals surface area contributed by atoms with Gasteiger partial charge in [0.1, 0.15) is 6.10 Å². The van der Waals surface area contributed by atoms with Crippen molar-refractivity contribution in [1.29, 1.82) is 0 Å². The molecule has 0 radical (unpaired) electrons. The summed E-state index contributed by atoms with van der Waals surface area (Å²) >= 11 is 0. The average molecular weight is 194 g/mol. The average Bonchev–Trinajstić information content (AvgIpc) is 2.15. The molecule has 0 aromatic carbocycles. The molecule has 1 rings (SSSR count). The maximum Gasteiger partial charge on any atom is 0.111 e. The third-order valence-corrected chi connectivity index (χ3v) is 2.37. The largest absolute Gasteiger partial charge is 0.385 e. The zero-order valence-corrected chi connectivity index (χ0v) is 8.94. The van der Waals surface area contributed by atoms with Gasteiger partial charge in [-0.3, -0.25) is 4.98 Å². The molecule has 1 aromatic rings. The number of aromatic nitrogens is 1. The van der Waals surface area contributed by atoms with Crippen LogP contribution in [0.4, 0.5) is 0 Å². The molecule has 0 aliphatic carbocycles.